The summed E-state index contributed by atoms with van der Waals surface area (Å²) in [5.41, 5.74) is 1.28. The van der Waals surface area contributed by atoms with Gasteiger partial charge in [0.25, 0.3) is 10.0 Å². The molecule has 4 rings (SSSR count). The first-order valence-corrected chi connectivity index (χ1v) is 12.0. The van der Waals surface area contributed by atoms with Crippen molar-refractivity contribution in [3.63, 3.8) is 0 Å². The minimum absolute atomic E-state index is 0.00815. The number of nitrogens with zero attached hydrogens (tertiary/aromatic N) is 1. The van der Waals surface area contributed by atoms with E-state index in [-0.39, 0.29) is 11.3 Å². The van der Waals surface area contributed by atoms with Crippen LogP contribution in [0.15, 0.2) is 90.1 Å². The molecule has 1 amide bonds. The van der Waals surface area contributed by atoms with Crippen LogP contribution in [0.1, 0.15) is 17.0 Å². The van der Waals surface area contributed by atoms with Crippen molar-refractivity contribution >= 4 is 49.9 Å². The van der Waals surface area contributed by atoms with Gasteiger partial charge < -0.3 is 0 Å². The Morgan fingerprint density at radius 3 is 2.31 bits per heavy atom. The van der Waals surface area contributed by atoms with E-state index in [0.717, 1.165) is 16.3 Å². The Balaban J connectivity index is 1.67. The zero-order valence-electron chi connectivity index (χ0n) is 16.7. The average Bonchev–Trinajstić information content (AvgIpc) is 2.76. The third kappa shape index (κ3) is 5.10. The molecule has 0 aliphatic heterocycles. The standard InChI is InChI=1S/C24H18Cl2N2O3S/c25-20-11-19(12-21(26)14-20)23(10-16-4-3-9-27-15-16)24(29)28-32(30,31)22-8-7-17-5-1-2-6-18(17)13-22/h1-9,11-15,23H,10H2,(H,28,29). The Labute approximate surface area is 196 Å². The molecule has 8 heteroatoms. The van der Waals surface area contributed by atoms with Crippen LogP contribution in [0.5, 0.6) is 0 Å². The average molecular weight is 485 g/mol. The van der Waals surface area contributed by atoms with Gasteiger partial charge in [-0.05, 0) is 64.7 Å². The van der Waals surface area contributed by atoms with Crippen LogP contribution in [0.3, 0.4) is 0 Å². The summed E-state index contributed by atoms with van der Waals surface area (Å²) >= 11 is 12.3. The van der Waals surface area contributed by atoms with Crippen LogP contribution < -0.4 is 4.72 Å². The zero-order chi connectivity index (χ0) is 22.7. The minimum Gasteiger partial charge on any atom is -0.273 e. The molecule has 5 nitrogen and oxygen atoms in total. The molecule has 162 valence electrons. The van der Waals surface area contributed by atoms with Crippen molar-refractivity contribution in [1.82, 2.24) is 9.71 Å². The number of aromatic nitrogens is 1. The van der Waals surface area contributed by atoms with E-state index in [2.05, 4.69) is 9.71 Å². The summed E-state index contributed by atoms with van der Waals surface area (Å²) in [7, 11) is -4.10. The second-order valence-corrected chi connectivity index (χ2v) is 9.85. The molecule has 32 heavy (non-hydrogen) atoms. The highest BCUT2D eigenvalue weighted by Gasteiger charge is 2.27. The molecular weight excluding hydrogens is 467 g/mol. The summed E-state index contributed by atoms with van der Waals surface area (Å²) in [6.07, 6.45) is 3.48. The number of hydrogen-bond acceptors (Lipinski definition) is 4. The predicted molar refractivity (Wildman–Crippen MR) is 126 cm³/mol. The fraction of sp³-hybridized carbons (Fsp3) is 0.0833. The molecule has 0 spiro atoms. The Bertz CT molecular complexity index is 1370. The minimum atomic E-state index is -4.10. The van der Waals surface area contributed by atoms with E-state index in [0.29, 0.717) is 15.6 Å². The van der Waals surface area contributed by atoms with Crippen molar-refractivity contribution in [2.24, 2.45) is 0 Å². The van der Waals surface area contributed by atoms with E-state index in [1.807, 2.05) is 30.3 Å². The lowest BCUT2D eigenvalue weighted by Gasteiger charge is -2.18. The summed E-state index contributed by atoms with van der Waals surface area (Å²) in [6.45, 7) is 0. The van der Waals surface area contributed by atoms with Crippen LogP contribution >= 0.6 is 23.2 Å². The number of carbonyl (C=O) groups excluding carboxylic acids is 1. The summed E-state index contributed by atoms with van der Waals surface area (Å²) in [5.74, 6) is -1.52. The highest BCUT2D eigenvalue weighted by molar-refractivity contribution is 7.90. The molecule has 1 N–H and O–H groups in total. The van der Waals surface area contributed by atoms with Gasteiger partial charge >= 0.3 is 0 Å². The van der Waals surface area contributed by atoms with E-state index in [1.165, 1.54) is 12.1 Å². The van der Waals surface area contributed by atoms with Gasteiger partial charge in [0.05, 0.1) is 10.8 Å². The van der Waals surface area contributed by atoms with Crippen molar-refractivity contribution in [2.75, 3.05) is 0 Å². The van der Waals surface area contributed by atoms with Gasteiger partial charge in [0.15, 0.2) is 0 Å². The SMILES string of the molecule is O=C(NS(=O)(=O)c1ccc2ccccc2c1)C(Cc1cccnc1)c1cc(Cl)cc(Cl)c1. The molecule has 0 bridgehead atoms. The van der Waals surface area contributed by atoms with Crippen LogP contribution in [0.2, 0.25) is 10.0 Å². The summed E-state index contributed by atoms with van der Waals surface area (Å²) < 4.78 is 28.2. The van der Waals surface area contributed by atoms with Gasteiger partial charge in [-0.25, -0.2) is 13.1 Å². The first-order chi connectivity index (χ1) is 15.3. The Morgan fingerprint density at radius 2 is 1.62 bits per heavy atom. The normalized spacial score (nSPS) is 12.4. The van der Waals surface area contributed by atoms with Gasteiger partial charge in [-0.3, -0.25) is 9.78 Å². The van der Waals surface area contributed by atoms with E-state index < -0.39 is 21.8 Å². The number of amides is 1. The number of pyridine rings is 1. The zero-order valence-corrected chi connectivity index (χ0v) is 19.0. The van der Waals surface area contributed by atoms with Gasteiger partial charge in [-0.1, -0.05) is 59.6 Å². The van der Waals surface area contributed by atoms with Crippen molar-refractivity contribution in [1.29, 1.82) is 0 Å². The van der Waals surface area contributed by atoms with Crippen LogP contribution in [0.25, 0.3) is 10.8 Å². The lowest BCUT2D eigenvalue weighted by Crippen LogP contribution is -2.35. The smallest absolute Gasteiger partial charge is 0.264 e. The number of sulfonamides is 1. The summed E-state index contributed by atoms with van der Waals surface area (Å²) in [6, 6.07) is 20.5. The van der Waals surface area contributed by atoms with E-state index >= 15 is 0 Å². The maximum atomic E-state index is 13.2. The largest absolute Gasteiger partial charge is 0.273 e. The first kappa shape index (κ1) is 22.3. The Kier molecular flexibility index (Phi) is 6.46. The molecule has 0 aliphatic carbocycles. The molecular formula is C24H18Cl2N2O3S. The molecule has 4 aromatic rings. The molecule has 0 saturated heterocycles. The van der Waals surface area contributed by atoms with Gasteiger partial charge in [0, 0.05) is 22.4 Å². The quantitative estimate of drug-likeness (QED) is 0.398. The number of rotatable bonds is 6. The summed E-state index contributed by atoms with van der Waals surface area (Å²) in [4.78, 5) is 17.3. The van der Waals surface area contributed by atoms with Crippen LogP contribution in [-0.2, 0) is 21.2 Å². The fourth-order valence-electron chi connectivity index (χ4n) is 3.49. The maximum absolute atomic E-state index is 13.2. The Hall–Kier alpha value is -2.93. The highest BCUT2D eigenvalue weighted by Crippen LogP contribution is 2.28. The first-order valence-electron chi connectivity index (χ1n) is 9.72. The topological polar surface area (TPSA) is 76.1 Å². The van der Waals surface area contributed by atoms with Crippen LogP contribution in [-0.4, -0.2) is 19.3 Å². The third-order valence-corrected chi connectivity index (χ3v) is 6.81. The van der Waals surface area contributed by atoms with Crippen LogP contribution in [0.4, 0.5) is 0 Å². The molecule has 3 aromatic carbocycles. The summed E-state index contributed by atoms with van der Waals surface area (Å²) in [5, 5.41) is 2.37. The van der Waals surface area contributed by atoms with Gasteiger partial charge in [0.1, 0.15) is 0 Å². The molecule has 0 aliphatic rings. The monoisotopic (exact) mass is 484 g/mol. The number of fused-ring (bicyclic) bond motifs is 1. The highest BCUT2D eigenvalue weighted by atomic mass is 35.5. The number of nitrogens with one attached hydrogen (secondary N) is 1. The number of carbonyl (C=O) groups is 1. The van der Waals surface area contributed by atoms with Gasteiger partial charge in [0.2, 0.25) is 5.91 Å². The number of halogens is 2. The van der Waals surface area contributed by atoms with Crippen molar-refractivity contribution in [2.45, 2.75) is 17.2 Å². The fourth-order valence-corrected chi connectivity index (χ4v) is 5.09. The van der Waals surface area contributed by atoms with E-state index in [9.17, 15) is 13.2 Å². The molecule has 1 unspecified atom stereocenters. The molecule has 0 saturated carbocycles. The second-order valence-electron chi connectivity index (χ2n) is 7.30. The van der Waals surface area contributed by atoms with Gasteiger partial charge in [-0.15, -0.1) is 0 Å². The Morgan fingerprint density at radius 1 is 0.906 bits per heavy atom. The molecule has 1 atom stereocenters. The predicted octanol–water partition coefficient (Wildman–Crippen LogP) is 5.37. The maximum Gasteiger partial charge on any atom is 0.264 e. The lowest BCUT2D eigenvalue weighted by atomic mass is 9.92. The van der Waals surface area contributed by atoms with Crippen LogP contribution in [0, 0.1) is 0 Å². The van der Waals surface area contributed by atoms with E-state index in [1.54, 1.807) is 42.7 Å². The molecule has 0 radical (unpaired) electrons. The second kappa shape index (κ2) is 9.28. The van der Waals surface area contributed by atoms with E-state index in [4.69, 9.17) is 23.2 Å². The number of hydrogen-bond donors (Lipinski definition) is 1. The van der Waals surface area contributed by atoms with Crippen molar-refractivity contribution in [3.05, 3.63) is 106 Å². The third-order valence-electron chi connectivity index (χ3n) is 5.03. The van der Waals surface area contributed by atoms with Crippen molar-refractivity contribution < 1.29 is 13.2 Å². The van der Waals surface area contributed by atoms with Gasteiger partial charge in [-0.2, -0.15) is 0 Å². The molecule has 0 fully saturated rings. The lowest BCUT2D eigenvalue weighted by molar-refractivity contribution is -0.120. The molecule has 1 aromatic heterocycles. The molecule has 1 heterocycles. The van der Waals surface area contributed by atoms with Crippen molar-refractivity contribution in [3.8, 4) is 0 Å². The number of benzene rings is 3.